The van der Waals surface area contributed by atoms with Gasteiger partial charge in [0.05, 0.1) is 5.69 Å². The highest BCUT2D eigenvalue weighted by atomic mass is 79.9. The molecular formula is C15H14BrN3O5. The van der Waals surface area contributed by atoms with E-state index in [-0.39, 0.29) is 0 Å². The van der Waals surface area contributed by atoms with Crippen LogP contribution in [0.2, 0.25) is 0 Å². The molecule has 0 atom stereocenters. The van der Waals surface area contributed by atoms with Crippen LogP contribution in [0, 0.1) is 0 Å². The van der Waals surface area contributed by atoms with E-state index in [4.69, 9.17) is 5.11 Å². The summed E-state index contributed by atoms with van der Waals surface area (Å²) >= 11 is 3.26. The molecule has 0 fully saturated rings. The van der Waals surface area contributed by atoms with Gasteiger partial charge in [0.2, 0.25) is 0 Å². The average molecular weight is 396 g/mol. The summed E-state index contributed by atoms with van der Waals surface area (Å²) in [6, 6.07) is 7.40. The van der Waals surface area contributed by atoms with E-state index in [1.54, 1.807) is 24.3 Å². The second-order valence-corrected chi connectivity index (χ2v) is 6.40. The lowest BCUT2D eigenvalue weighted by Gasteiger charge is -2.21. The van der Waals surface area contributed by atoms with E-state index in [0.717, 1.165) is 15.2 Å². The van der Waals surface area contributed by atoms with E-state index in [0.29, 0.717) is 5.69 Å². The summed E-state index contributed by atoms with van der Waals surface area (Å²) in [5, 5.41) is 25.0. The fraction of sp³-hybridized carbons (Fsp3) is 0.200. The van der Waals surface area contributed by atoms with Gasteiger partial charge in [-0.2, -0.15) is 9.78 Å². The fourth-order valence-electron chi connectivity index (χ4n) is 1.77. The van der Waals surface area contributed by atoms with Crippen LogP contribution in [0.3, 0.4) is 0 Å². The third kappa shape index (κ3) is 3.62. The largest absolute Gasteiger partial charge is 0.505 e. The van der Waals surface area contributed by atoms with Crippen LogP contribution in [0.5, 0.6) is 5.75 Å². The van der Waals surface area contributed by atoms with Gasteiger partial charge in [-0.05, 0) is 38.1 Å². The maximum absolute atomic E-state index is 12.2. The Morgan fingerprint density at radius 2 is 1.83 bits per heavy atom. The molecule has 0 radical (unpaired) electrons. The number of hydrogen-bond donors (Lipinski definition) is 3. The monoisotopic (exact) mass is 395 g/mol. The second kappa shape index (κ2) is 6.44. The number of halogens is 1. The van der Waals surface area contributed by atoms with Crippen molar-refractivity contribution in [2.75, 3.05) is 0 Å². The SMILES string of the molecule is CC(C)(NC(=O)c1nn(-c2ccc(Br)cc2)c(=O)cc1O)C(=O)O. The molecule has 3 N–H and O–H groups in total. The summed E-state index contributed by atoms with van der Waals surface area (Å²) in [6.07, 6.45) is 0. The summed E-state index contributed by atoms with van der Waals surface area (Å²) < 4.78 is 1.73. The molecule has 1 amide bonds. The first-order chi connectivity index (χ1) is 11.1. The first kappa shape index (κ1) is 17.7. The van der Waals surface area contributed by atoms with Gasteiger partial charge in [-0.1, -0.05) is 15.9 Å². The molecule has 0 aliphatic heterocycles. The fourth-order valence-corrected chi connectivity index (χ4v) is 2.04. The molecule has 0 unspecified atom stereocenters. The third-order valence-electron chi connectivity index (χ3n) is 3.16. The van der Waals surface area contributed by atoms with Gasteiger partial charge in [0.25, 0.3) is 11.5 Å². The lowest BCUT2D eigenvalue weighted by Crippen LogP contribution is -2.50. The van der Waals surface area contributed by atoms with Crippen molar-refractivity contribution in [1.29, 1.82) is 0 Å². The van der Waals surface area contributed by atoms with Crippen LogP contribution < -0.4 is 10.9 Å². The topological polar surface area (TPSA) is 122 Å². The molecule has 0 aliphatic carbocycles. The summed E-state index contributed by atoms with van der Waals surface area (Å²) in [6.45, 7) is 2.57. The zero-order valence-electron chi connectivity index (χ0n) is 12.8. The molecular weight excluding hydrogens is 382 g/mol. The van der Waals surface area contributed by atoms with Gasteiger partial charge in [-0.25, -0.2) is 4.79 Å². The number of amides is 1. The molecule has 0 aliphatic rings. The standard InChI is InChI=1S/C15H14BrN3O5/c1-15(2,14(23)24)17-13(22)12-10(20)7-11(21)19(18-12)9-5-3-8(16)4-6-9/h3-7,20H,1-2H3,(H,17,22)(H,23,24). The molecule has 2 aromatic rings. The normalized spacial score (nSPS) is 11.1. The maximum Gasteiger partial charge on any atom is 0.328 e. The minimum atomic E-state index is -1.57. The number of aromatic hydroxyl groups is 1. The Bertz CT molecular complexity index is 858. The van der Waals surface area contributed by atoms with E-state index < -0.39 is 34.4 Å². The predicted molar refractivity (Wildman–Crippen MR) is 88.4 cm³/mol. The number of carbonyl (C=O) groups is 2. The highest BCUT2D eigenvalue weighted by Gasteiger charge is 2.31. The molecule has 1 heterocycles. The van der Waals surface area contributed by atoms with Crippen LogP contribution in [0.1, 0.15) is 24.3 Å². The number of carboxylic acids is 1. The minimum Gasteiger partial charge on any atom is -0.505 e. The number of benzene rings is 1. The molecule has 0 saturated carbocycles. The molecule has 2 rings (SSSR count). The van der Waals surface area contributed by atoms with Crippen LogP contribution in [0.15, 0.2) is 39.6 Å². The smallest absolute Gasteiger partial charge is 0.328 e. The first-order valence-corrected chi connectivity index (χ1v) is 7.56. The summed E-state index contributed by atoms with van der Waals surface area (Å²) in [5.41, 5.74) is -2.27. The van der Waals surface area contributed by atoms with Gasteiger partial charge in [0, 0.05) is 10.5 Å². The number of nitrogens with zero attached hydrogens (tertiary/aromatic N) is 2. The van der Waals surface area contributed by atoms with Gasteiger partial charge in [-0.15, -0.1) is 0 Å². The number of hydrogen-bond acceptors (Lipinski definition) is 5. The van der Waals surface area contributed by atoms with Gasteiger partial charge in [-0.3, -0.25) is 9.59 Å². The number of nitrogens with one attached hydrogen (secondary N) is 1. The molecule has 0 bridgehead atoms. The van der Waals surface area contributed by atoms with Crippen molar-refractivity contribution in [3.05, 3.63) is 50.9 Å². The summed E-state index contributed by atoms with van der Waals surface area (Å²) in [4.78, 5) is 35.3. The van der Waals surface area contributed by atoms with E-state index in [1.165, 1.54) is 13.8 Å². The Kier molecular flexibility index (Phi) is 4.74. The van der Waals surface area contributed by atoms with Gasteiger partial charge in [0.15, 0.2) is 11.4 Å². The molecule has 1 aromatic carbocycles. The number of carbonyl (C=O) groups excluding carboxylic acids is 1. The van der Waals surface area contributed by atoms with E-state index in [2.05, 4.69) is 26.3 Å². The van der Waals surface area contributed by atoms with Crippen LogP contribution in [0.25, 0.3) is 5.69 Å². The first-order valence-electron chi connectivity index (χ1n) is 6.77. The zero-order chi connectivity index (χ0) is 18.1. The Hall–Kier alpha value is -2.68. The molecule has 8 nitrogen and oxygen atoms in total. The third-order valence-corrected chi connectivity index (χ3v) is 3.69. The number of aliphatic carboxylic acids is 1. The Morgan fingerprint density at radius 3 is 2.38 bits per heavy atom. The summed E-state index contributed by atoms with van der Waals surface area (Å²) in [7, 11) is 0. The van der Waals surface area contributed by atoms with Crippen LogP contribution in [-0.2, 0) is 4.79 Å². The van der Waals surface area contributed by atoms with Crippen molar-refractivity contribution in [1.82, 2.24) is 15.1 Å². The van der Waals surface area contributed by atoms with E-state index in [9.17, 15) is 19.5 Å². The Labute approximate surface area is 144 Å². The van der Waals surface area contributed by atoms with Gasteiger partial charge in [0.1, 0.15) is 5.54 Å². The average Bonchev–Trinajstić information content (AvgIpc) is 2.47. The van der Waals surface area contributed by atoms with E-state index >= 15 is 0 Å². The van der Waals surface area contributed by atoms with Crippen molar-refractivity contribution >= 4 is 27.8 Å². The van der Waals surface area contributed by atoms with Crippen molar-refractivity contribution in [2.45, 2.75) is 19.4 Å². The minimum absolute atomic E-state index is 0.384. The quantitative estimate of drug-likeness (QED) is 0.716. The van der Waals surface area contributed by atoms with Crippen molar-refractivity contribution in [3.63, 3.8) is 0 Å². The van der Waals surface area contributed by atoms with Gasteiger partial charge >= 0.3 is 5.97 Å². The lowest BCUT2D eigenvalue weighted by atomic mass is 10.1. The van der Waals surface area contributed by atoms with Crippen LogP contribution in [0.4, 0.5) is 0 Å². The lowest BCUT2D eigenvalue weighted by molar-refractivity contribution is -0.143. The molecule has 0 spiro atoms. The number of aromatic nitrogens is 2. The molecule has 9 heteroatoms. The van der Waals surface area contributed by atoms with Crippen molar-refractivity contribution in [2.24, 2.45) is 0 Å². The Morgan fingerprint density at radius 1 is 1.25 bits per heavy atom. The number of carboxylic acid groups (broad SMARTS) is 1. The highest BCUT2D eigenvalue weighted by molar-refractivity contribution is 9.10. The van der Waals surface area contributed by atoms with Gasteiger partial charge < -0.3 is 15.5 Å². The summed E-state index contributed by atoms with van der Waals surface area (Å²) in [5.74, 6) is -2.80. The molecule has 1 aromatic heterocycles. The highest BCUT2D eigenvalue weighted by Crippen LogP contribution is 2.16. The molecule has 126 valence electrons. The molecule has 0 saturated heterocycles. The second-order valence-electron chi connectivity index (χ2n) is 5.49. The maximum atomic E-state index is 12.2. The van der Waals surface area contributed by atoms with Crippen LogP contribution >= 0.6 is 15.9 Å². The van der Waals surface area contributed by atoms with Crippen molar-refractivity contribution < 1.29 is 19.8 Å². The predicted octanol–water partition coefficient (Wildman–Crippen LogP) is 1.29. The van der Waals surface area contributed by atoms with Crippen LogP contribution in [-0.4, -0.2) is 37.4 Å². The Balaban J connectivity index is 2.47. The van der Waals surface area contributed by atoms with Crippen molar-refractivity contribution in [3.8, 4) is 11.4 Å². The zero-order valence-corrected chi connectivity index (χ0v) is 14.4. The van der Waals surface area contributed by atoms with E-state index in [1.807, 2.05) is 0 Å². The number of rotatable bonds is 4. The molecule has 24 heavy (non-hydrogen) atoms.